The predicted molar refractivity (Wildman–Crippen MR) is 120 cm³/mol. The SMILES string of the molecule is CCCCC(C)c1nc2c([nH]1)c(NCc1ccc(OC)cc1)nc1ccccc12. The second kappa shape index (κ2) is 8.52. The highest BCUT2D eigenvalue weighted by Crippen LogP contribution is 2.30. The molecule has 2 aromatic heterocycles. The van der Waals surface area contributed by atoms with Crippen molar-refractivity contribution in [2.45, 2.75) is 45.6 Å². The van der Waals surface area contributed by atoms with Crippen LogP contribution in [0.4, 0.5) is 5.82 Å². The highest BCUT2D eigenvalue weighted by molar-refractivity contribution is 6.06. The summed E-state index contributed by atoms with van der Waals surface area (Å²) in [5.41, 5.74) is 4.10. The molecule has 0 saturated heterocycles. The van der Waals surface area contributed by atoms with Crippen LogP contribution in [0.15, 0.2) is 48.5 Å². The van der Waals surface area contributed by atoms with Gasteiger partial charge in [-0.25, -0.2) is 9.97 Å². The van der Waals surface area contributed by atoms with E-state index < -0.39 is 0 Å². The zero-order chi connectivity index (χ0) is 20.2. The van der Waals surface area contributed by atoms with Crippen LogP contribution in [-0.4, -0.2) is 22.1 Å². The van der Waals surface area contributed by atoms with Crippen molar-refractivity contribution in [1.82, 2.24) is 15.0 Å². The lowest BCUT2D eigenvalue weighted by Crippen LogP contribution is -2.02. The molecule has 150 valence electrons. The lowest BCUT2D eigenvalue weighted by molar-refractivity contribution is 0.414. The van der Waals surface area contributed by atoms with E-state index in [2.05, 4.69) is 42.3 Å². The summed E-state index contributed by atoms with van der Waals surface area (Å²) in [6.07, 6.45) is 3.54. The molecule has 5 heteroatoms. The summed E-state index contributed by atoms with van der Waals surface area (Å²) in [7, 11) is 1.68. The van der Waals surface area contributed by atoms with Crippen LogP contribution in [0.5, 0.6) is 5.75 Å². The summed E-state index contributed by atoms with van der Waals surface area (Å²) in [6.45, 7) is 5.15. The largest absolute Gasteiger partial charge is 0.497 e. The van der Waals surface area contributed by atoms with Gasteiger partial charge in [-0.2, -0.15) is 0 Å². The fourth-order valence-corrected chi connectivity index (χ4v) is 3.64. The maximum Gasteiger partial charge on any atom is 0.153 e. The number of fused-ring (bicyclic) bond motifs is 3. The average molecular weight is 389 g/mol. The number of unbranched alkanes of at least 4 members (excludes halogenated alkanes) is 1. The van der Waals surface area contributed by atoms with E-state index >= 15 is 0 Å². The topological polar surface area (TPSA) is 62.8 Å². The third kappa shape index (κ3) is 4.04. The highest BCUT2D eigenvalue weighted by Gasteiger charge is 2.16. The number of anilines is 1. The van der Waals surface area contributed by atoms with E-state index in [4.69, 9.17) is 14.7 Å². The van der Waals surface area contributed by atoms with Crippen LogP contribution in [0.1, 0.15) is 50.4 Å². The van der Waals surface area contributed by atoms with Crippen LogP contribution >= 0.6 is 0 Å². The van der Waals surface area contributed by atoms with E-state index in [0.29, 0.717) is 12.5 Å². The fraction of sp³-hybridized carbons (Fsp3) is 0.333. The van der Waals surface area contributed by atoms with Gasteiger partial charge in [0.05, 0.1) is 12.6 Å². The molecule has 1 unspecified atom stereocenters. The summed E-state index contributed by atoms with van der Waals surface area (Å²) in [4.78, 5) is 13.4. The van der Waals surface area contributed by atoms with Gasteiger partial charge in [-0.15, -0.1) is 0 Å². The minimum Gasteiger partial charge on any atom is -0.497 e. The second-order valence-electron chi connectivity index (χ2n) is 7.57. The zero-order valence-corrected chi connectivity index (χ0v) is 17.3. The Morgan fingerprint density at radius 2 is 1.86 bits per heavy atom. The molecule has 29 heavy (non-hydrogen) atoms. The van der Waals surface area contributed by atoms with Crippen LogP contribution in [0, 0.1) is 0 Å². The first kappa shape index (κ1) is 19.2. The van der Waals surface area contributed by atoms with E-state index in [-0.39, 0.29) is 0 Å². The van der Waals surface area contributed by atoms with Gasteiger partial charge in [0.2, 0.25) is 0 Å². The van der Waals surface area contributed by atoms with Gasteiger partial charge in [0.25, 0.3) is 0 Å². The number of para-hydroxylation sites is 1. The first-order chi connectivity index (χ1) is 14.2. The van der Waals surface area contributed by atoms with Crippen molar-refractivity contribution in [2.75, 3.05) is 12.4 Å². The maximum atomic E-state index is 5.24. The van der Waals surface area contributed by atoms with Crippen molar-refractivity contribution in [3.8, 4) is 5.75 Å². The Morgan fingerprint density at radius 3 is 2.62 bits per heavy atom. The Kier molecular flexibility index (Phi) is 5.65. The summed E-state index contributed by atoms with van der Waals surface area (Å²) in [6, 6.07) is 16.3. The van der Waals surface area contributed by atoms with Crippen molar-refractivity contribution >= 4 is 27.8 Å². The van der Waals surface area contributed by atoms with Crippen LogP contribution < -0.4 is 10.1 Å². The van der Waals surface area contributed by atoms with Gasteiger partial charge in [0.15, 0.2) is 5.82 Å². The van der Waals surface area contributed by atoms with E-state index in [1.807, 2.05) is 30.3 Å². The van der Waals surface area contributed by atoms with Crippen molar-refractivity contribution in [3.05, 3.63) is 59.9 Å². The highest BCUT2D eigenvalue weighted by atomic mass is 16.5. The molecule has 0 aliphatic rings. The molecule has 1 atom stereocenters. The summed E-state index contributed by atoms with van der Waals surface area (Å²) in [5, 5.41) is 4.59. The zero-order valence-electron chi connectivity index (χ0n) is 17.3. The molecule has 0 spiro atoms. The van der Waals surface area contributed by atoms with E-state index in [1.165, 1.54) is 18.4 Å². The number of aromatic amines is 1. The molecule has 2 heterocycles. The Balaban J connectivity index is 1.69. The van der Waals surface area contributed by atoms with Gasteiger partial charge in [0, 0.05) is 17.8 Å². The number of nitrogens with zero attached hydrogens (tertiary/aromatic N) is 2. The predicted octanol–water partition coefficient (Wildman–Crippen LogP) is 6.03. The lowest BCUT2D eigenvalue weighted by Gasteiger charge is -2.09. The summed E-state index contributed by atoms with van der Waals surface area (Å²) in [5.74, 6) is 3.14. The van der Waals surface area contributed by atoms with Gasteiger partial charge in [0.1, 0.15) is 22.6 Å². The summed E-state index contributed by atoms with van der Waals surface area (Å²) >= 11 is 0. The van der Waals surface area contributed by atoms with Crippen molar-refractivity contribution in [1.29, 1.82) is 0 Å². The quantitative estimate of drug-likeness (QED) is 0.387. The monoisotopic (exact) mass is 388 g/mol. The van der Waals surface area contributed by atoms with Gasteiger partial charge >= 0.3 is 0 Å². The van der Waals surface area contributed by atoms with Crippen LogP contribution in [-0.2, 0) is 6.54 Å². The molecule has 0 amide bonds. The average Bonchev–Trinajstić information content (AvgIpc) is 3.22. The number of pyridine rings is 1. The smallest absolute Gasteiger partial charge is 0.153 e. The number of benzene rings is 2. The number of ether oxygens (including phenoxy) is 1. The second-order valence-corrected chi connectivity index (χ2v) is 7.57. The standard InChI is InChI=1S/C24H28N4O/c1-4-5-8-16(2)23-27-21-19-9-6-7-10-20(19)26-24(22(21)28-23)25-15-17-11-13-18(29-3)14-12-17/h6-7,9-14,16H,4-5,8,15H2,1-3H3,(H,25,26)(H,27,28). The van der Waals surface area contributed by atoms with E-state index in [1.54, 1.807) is 7.11 Å². The van der Waals surface area contributed by atoms with E-state index in [0.717, 1.165) is 45.7 Å². The molecule has 5 nitrogen and oxygen atoms in total. The van der Waals surface area contributed by atoms with Crippen LogP contribution in [0.25, 0.3) is 21.9 Å². The third-order valence-electron chi connectivity index (χ3n) is 5.43. The molecule has 4 rings (SSSR count). The normalized spacial score (nSPS) is 12.4. The van der Waals surface area contributed by atoms with Crippen LogP contribution in [0.2, 0.25) is 0 Å². The van der Waals surface area contributed by atoms with Crippen LogP contribution in [0.3, 0.4) is 0 Å². The van der Waals surface area contributed by atoms with Crippen molar-refractivity contribution in [2.24, 2.45) is 0 Å². The van der Waals surface area contributed by atoms with Gasteiger partial charge in [-0.3, -0.25) is 0 Å². The van der Waals surface area contributed by atoms with E-state index in [9.17, 15) is 0 Å². The number of H-pyrrole nitrogens is 1. The Hall–Kier alpha value is -3.08. The Morgan fingerprint density at radius 1 is 1.07 bits per heavy atom. The number of hydrogen-bond donors (Lipinski definition) is 2. The molecule has 0 saturated carbocycles. The van der Waals surface area contributed by atoms with Gasteiger partial charge in [-0.1, -0.05) is 57.0 Å². The van der Waals surface area contributed by atoms with Gasteiger partial charge < -0.3 is 15.0 Å². The van der Waals surface area contributed by atoms with Crippen molar-refractivity contribution < 1.29 is 4.74 Å². The first-order valence-corrected chi connectivity index (χ1v) is 10.3. The number of aromatic nitrogens is 3. The first-order valence-electron chi connectivity index (χ1n) is 10.3. The van der Waals surface area contributed by atoms with Crippen molar-refractivity contribution in [3.63, 3.8) is 0 Å². The molecular weight excluding hydrogens is 360 g/mol. The molecule has 2 N–H and O–H groups in total. The Labute approximate surface area is 171 Å². The number of nitrogens with one attached hydrogen (secondary N) is 2. The molecule has 0 radical (unpaired) electrons. The number of methoxy groups -OCH3 is 1. The molecule has 0 aliphatic heterocycles. The molecule has 0 aliphatic carbocycles. The third-order valence-corrected chi connectivity index (χ3v) is 5.43. The number of imidazole rings is 1. The maximum absolute atomic E-state index is 5.24. The molecule has 0 bridgehead atoms. The fourth-order valence-electron chi connectivity index (χ4n) is 3.64. The number of hydrogen-bond acceptors (Lipinski definition) is 4. The number of rotatable bonds is 8. The molecule has 4 aromatic rings. The molecule has 2 aromatic carbocycles. The minimum absolute atomic E-state index is 0.399. The minimum atomic E-state index is 0.399. The lowest BCUT2D eigenvalue weighted by atomic mass is 10.0. The molecular formula is C24H28N4O. The Bertz CT molecular complexity index is 1100. The molecule has 0 fully saturated rings. The summed E-state index contributed by atoms with van der Waals surface area (Å²) < 4.78 is 5.24. The van der Waals surface area contributed by atoms with Gasteiger partial charge in [-0.05, 0) is 30.2 Å².